The second-order valence-electron chi connectivity index (χ2n) is 4.49. The van der Waals surface area contributed by atoms with Gasteiger partial charge >= 0.3 is 0 Å². The maximum absolute atomic E-state index is 11.5. The van der Waals surface area contributed by atoms with E-state index in [2.05, 4.69) is 10.6 Å². The Hall–Kier alpha value is -1.63. The molecule has 0 spiro atoms. The Morgan fingerprint density at radius 1 is 1.31 bits per heavy atom. The van der Waals surface area contributed by atoms with Crippen molar-refractivity contribution < 1.29 is 19.3 Å². The molecule has 16 heavy (non-hydrogen) atoms. The topological polar surface area (TPSA) is 82.0 Å². The average Bonchev–Trinajstić information content (AvgIpc) is 2.09. The van der Waals surface area contributed by atoms with Gasteiger partial charge in [0.15, 0.2) is 12.4 Å². The number of amidine groups is 1. The maximum Gasteiger partial charge on any atom is 0.294 e. The molecule has 0 saturated heterocycles. The second kappa shape index (κ2) is 5.45. The molecule has 7 nitrogen and oxygen atoms in total. The largest absolute Gasteiger partial charge is 0.409 e. The van der Waals surface area contributed by atoms with Gasteiger partial charge in [-0.1, -0.05) is 5.16 Å². The van der Waals surface area contributed by atoms with E-state index >= 15 is 0 Å². The zero-order valence-electron chi connectivity index (χ0n) is 10.3. The van der Waals surface area contributed by atoms with Crippen LogP contribution in [0.1, 0.15) is 13.8 Å². The van der Waals surface area contributed by atoms with E-state index in [1.165, 1.54) is 13.8 Å². The molecule has 7 heteroatoms. The molecule has 0 heterocycles. The van der Waals surface area contributed by atoms with Gasteiger partial charge in [0.2, 0.25) is 5.91 Å². The highest BCUT2D eigenvalue weighted by atomic mass is 16.4. The zero-order chi connectivity index (χ0) is 12.9. The monoisotopic (exact) mass is 231 g/mol. The minimum Gasteiger partial charge on any atom is -0.409 e. The Bertz CT molecular complexity index is 306. The standard InChI is InChI=1S/C9H18N4O3/c1-7(11-16)12(8(2)14)10-9(15)6-13(3,4)5/h6H2,1-5H3,(H-,10,15,16)/p+1/b11-7-. The van der Waals surface area contributed by atoms with Gasteiger partial charge in [0.25, 0.3) is 5.91 Å². The van der Waals surface area contributed by atoms with Gasteiger partial charge in [-0.2, -0.15) is 0 Å². The van der Waals surface area contributed by atoms with Crippen molar-refractivity contribution in [2.24, 2.45) is 5.16 Å². The maximum atomic E-state index is 11.5. The number of quaternary nitrogens is 1. The lowest BCUT2D eigenvalue weighted by Crippen LogP contribution is -2.53. The predicted molar refractivity (Wildman–Crippen MR) is 58.5 cm³/mol. The number of nitrogens with one attached hydrogen (secondary N) is 1. The van der Waals surface area contributed by atoms with Gasteiger partial charge in [-0.3, -0.25) is 15.0 Å². The van der Waals surface area contributed by atoms with Gasteiger partial charge < -0.3 is 9.69 Å². The molecule has 0 saturated carbocycles. The summed E-state index contributed by atoms with van der Waals surface area (Å²) < 4.78 is 0.437. The van der Waals surface area contributed by atoms with E-state index in [0.717, 1.165) is 5.01 Å². The Labute approximate surface area is 94.9 Å². The van der Waals surface area contributed by atoms with Crippen molar-refractivity contribution in [3.8, 4) is 0 Å². The molecule has 0 aromatic carbocycles. The summed E-state index contributed by atoms with van der Waals surface area (Å²) in [6.45, 7) is 2.89. The highest BCUT2D eigenvalue weighted by Crippen LogP contribution is 1.92. The molecular formula is C9H19N4O3+. The molecule has 0 aromatic rings. The third-order valence-corrected chi connectivity index (χ3v) is 1.64. The van der Waals surface area contributed by atoms with Crippen LogP contribution < -0.4 is 5.43 Å². The molecular weight excluding hydrogens is 212 g/mol. The van der Waals surface area contributed by atoms with Gasteiger partial charge in [0.1, 0.15) is 0 Å². The van der Waals surface area contributed by atoms with E-state index < -0.39 is 5.91 Å². The van der Waals surface area contributed by atoms with Crippen LogP contribution in [0.15, 0.2) is 5.16 Å². The predicted octanol–water partition coefficient (Wildman–Crippen LogP) is -0.620. The second-order valence-corrected chi connectivity index (χ2v) is 4.49. The van der Waals surface area contributed by atoms with Crippen LogP contribution in [0.2, 0.25) is 0 Å². The van der Waals surface area contributed by atoms with Crippen LogP contribution in [0.3, 0.4) is 0 Å². The van der Waals surface area contributed by atoms with Crippen LogP contribution in [-0.4, -0.2) is 60.0 Å². The summed E-state index contributed by atoms with van der Waals surface area (Å²) in [4.78, 5) is 22.7. The van der Waals surface area contributed by atoms with E-state index in [1.54, 1.807) is 0 Å². The highest BCUT2D eigenvalue weighted by Gasteiger charge is 2.20. The minimum absolute atomic E-state index is 0.0160. The lowest BCUT2D eigenvalue weighted by Gasteiger charge is -2.25. The summed E-state index contributed by atoms with van der Waals surface area (Å²) in [5.74, 6) is -0.738. The van der Waals surface area contributed by atoms with Gasteiger partial charge in [0, 0.05) is 6.92 Å². The van der Waals surface area contributed by atoms with Crippen LogP contribution in [0.4, 0.5) is 0 Å². The number of nitrogens with zero attached hydrogens (tertiary/aromatic N) is 3. The van der Waals surface area contributed by atoms with Gasteiger partial charge in [-0.15, -0.1) is 0 Å². The van der Waals surface area contributed by atoms with E-state index in [4.69, 9.17) is 5.21 Å². The fourth-order valence-corrected chi connectivity index (χ4v) is 1.02. The quantitative estimate of drug-likeness (QED) is 0.218. The zero-order valence-corrected chi connectivity index (χ0v) is 10.3. The molecule has 0 aliphatic heterocycles. The summed E-state index contributed by atoms with van der Waals surface area (Å²) in [5, 5.41) is 12.3. The van der Waals surface area contributed by atoms with Crippen molar-refractivity contribution in [2.45, 2.75) is 13.8 Å². The highest BCUT2D eigenvalue weighted by molar-refractivity contribution is 5.97. The molecule has 2 amide bonds. The molecule has 0 unspecified atom stereocenters. The normalized spacial score (nSPS) is 12.2. The Morgan fingerprint density at radius 3 is 2.12 bits per heavy atom. The number of hydrazine groups is 1. The van der Waals surface area contributed by atoms with Crippen molar-refractivity contribution in [1.82, 2.24) is 10.4 Å². The number of oxime groups is 1. The van der Waals surface area contributed by atoms with Crippen LogP contribution in [0, 0.1) is 0 Å². The summed E-state index contributed by atoms with van der Waals surface area (Å²) >= 11 is 0. The molecule has 0 aromatic heterocycles. The number of likely N-dealkylation sites (N-methyl/N-ethyl adjacent to an activating group) is 1. The number of hydrogen-bond acceptors (Lipinski definition) is 4. The van der Waals surface area contributed by atoms with Crippen LogP contribution >= 0.6 is 0 Å². The van der Waals surface area contributed by atoms with E-state index in [1.807, 2.05) is 21.1 Å². The van der Waals surface area contributed by atoms with Crippen molar-refractivity contribution in [3.05, 3.63) is 0 Å². The van der Waals surface area contributed by atoms with Crippen molar-refractivity contribution in [3.63, 3.8) is 0 Å². The molecule has 0 fully saturated rings. The van der Waals surface area contributed by atoms with Crippen molar-refractivity contribution in [2.75, 3.05) is 27.7 Å². The summed E-state index contributed by atoms with van der Waals surface area (Å²) in [6.07, 6.45) is 0. The molecule has 92 valence electrons. The van der Waals surface area contributed by atoms with Gasteiger partial charge in [-0.05, 0) is 6.92 Å². The van der Waals surface area contributed by atoms with Gasteiger partial charge in [-0.25, -0.2) is 5.01 Å². The number of amides is 2. The first kappa shape index (κ1) is 14.4. The third-order valence-electron chi connectivity index (χ3n) is 1.64. The molecule has 0 aliphatic carbocycles. The molecule has 0 aliphatic rings. The molecule has 0 atom stereocenters. The summed E-state index contributed by atoms with van der Waals surface area (Å²) in [6, 6.07) is 0. The number of rotatable bonds is 2. The average molecular weight is 231 g/mol. The molecule has 2 N–H and O–H groups in total. The van der Waals surface area contributed by atoms with Crippen molar-refractivity contribution in [1.29, 1.82) is 0 Å². The van der Waals surface area contributed by atoms with Crippen LogP contribution in [0.25, 0.3) is 0 Å². The van der Waals surface area contributed by atoms with E-state index in [9.17, 15) is 9.59 Å². The smallest absolute Gasteiger partial charge is 0.294 e. The van der Waals surface area contributed by atoms with Crippen LogP contribution in [-0.2, 0) is 9.59 Å². The van der Waals surface area contributed by atoms with E-state index in [0.29, 0.717) is 4.48 Å². The Balaban J connectivity index is 4.55. The summed E-state index contributed by atoms with van der Waals surface area (Å²) in [7, 11) is 5.56. The number of carbonyl (C=O) groups excluding carboxylic acids is 2. The Kier molecular flexibility index (Phi) is 4.90. The van der Waals surface area contributed by atoms with E-state index in [-0.39, 0.29) is 18.3 Å². The Morgan fingerprint density at radius 2 is 1.81 bits per heavy atom. The first-order valence-electron chi connectivity index (χ1n) is 4.76. The minimum atomic E-state index is -0.426. The van der Waals surface area contributed by atoms with Gasteiger partial charge in [0.05, 0.1) is 21.1 Å². The van der Waals surface area contributed by atoms with Crippen molar-refractivity contribution >= 4 is 17.6 Å². The van der Waals surface area contributed by atoms with Crippen LogP contribution in [0.5, 0.6) is 0 Å². The molecule has 0 rings (SSSR count). The first-order valence-corrected chi connectivity index (χ1v) is 4.76. The lowest BCUT2D eigenvalue weighted by molar-refractivity contribution is -0.862. The fourth-order valence-electron chi connectivity index (χ4n) is 1.02. The number of carbonyl (C=O) groups is 2. The SMILES string of the molecule is CC(=O)N(NC(=O)C[N+](C)(C)C)/C(C)=N\O. The summed E-state index contributed by atoms with van der Waals surface area (Å²) in [5.41, 5.74) is 2.36. The first-order chi connectivity index (χ1) is 7.17. The lowest BCUT2D eigenvalue weighted by atomic mass is 10.5. The molecule has 0 radical (unpaired) electrons. The third kappa shape index (κ3) is 5.30. The molecule has 0 bridgehead atoms. The fraction of sp³-hybridized carbons (Fsp3) is 0.667. The number of hydrogen-bond donors (Lipinski definition) is 2.